The highest BCUT2D eigenvalue weighted by atomic mass is 32.2. The Kier molecular flexibility index (Phi) is 2.99. The summed E-state index contributed by atoms with van der Waals surface area (Å²) in [6.45, 7) is 0. The van der Waals surface area contributed by atoms with Gasteiger partial charge in [-0.25, -0.2) is 0 Å². The van der Waals surface area contributed by atoms with E-state index in [1.165, 1.54) is 0 Å². The molecule has 1 aromatic carbocycles. The lowest BCUT2D eigenvalue weighted by Gasteiger charge is -1.98. The second kappa shape index (κ2) is 4.01. The largest absolute Gasteiger partial charge is 0.377 e. The number of hydrogen-bond donors (Lipinski definition) is 2. The van der Waals surface area contributed by atoms with E-state index in [0.29, 0.717) is 5.75 Å². The summed E-state index contributed by atoms with van der Waals surface area (Å²) in [5.41, 5.74) is 6.00. The van der Waals surface area contributed by atoms with Gasteiger partial charge >= 0.3 is 0 Å². The Bertz CT molecular complexity index is 297. The van der Waals surface area contributed by atoms with Gasteiger partial charge in [-0.15, -0.1) is 0 Å². The molecule has 0 aliphatic rings. The fraction of sp³-hybridized carbons (Fsp3) is 0.125. The molecule has 1 aromatic rings. The fourth-order valence-corrected chi connectivity index (χ4v) is 1.45. The van der Waals surface area contributed by atoms with Gasteiger partial charge in [-0.1, -0.05) is 30.3 Å². The minimum absolute atomic E-state index is 0.265. The van der Waals surface area contributed by atoms with Crippen molar-refractivity contribution in [3.05, 3.63) is 35.9 Å². The van der Waals surface area contributed by atoms with Gasteiger partial charge in [0, 0.05) is 0 Å². The summed E-state index contributed by atoms with van der Waals surface area (Å²) < 4.78 is 11.1. The molecule has 0 fully saturated rings. The summed E-state index contributed by atoms with van der Waals surface area (Å²) in [6.07, 6.45) is 0. The van der Waals surface area contributed by atoms with Crippen molar-refractivity contribution in [1.29, 1.82) is 5.41 Å². The molecule has 1 atom stereocenters. The first kappa shape index (κ1) is 8.93. The van der Waals surface area contributed by atoms with Crippen molar-refractivity contribution >= 4 is 16.0 Å². The van der Waals surface area contributed by atoms with E-state index in [9.17, 15) is 4.21 Å². The van der Waals surface area contributed by atoms with Crippen molar-refractivity contribution in [2.75, 3.05) is 0 Å². The summed E-state index contributed by atoms with van der Waals surface area (Å²) in [5.74, 6) is 0.330. The zero-order valence-electron chi connectivity index (χ0n) is 6.49. The Morgan fingerprint density at radius 1 is 1.42 bits per heavy atom. The van der Waals surface area contributed by atoms with E-state index >= 15 is 0 Å². The van der Waals surface area contributed by atoms with Crippen LogP contribution in [-0.4, -0.2) is 9.38 Å². The maximum absolute atomic E-state index is 11.1. The van der Waals surface area contributed by atoms with Gasteiger partial charge in [-0.05, 0) is 5.56 Å². The average molecular weight is 182 g/mol. The molecular formula is C8H10N2OS. The van der Waals surface area contributed by atoms with Crippen LogP contribution in [0.4, 0.5) is 0 Å². The molecule has 0 bridgehead atoms. The Hall–Kier alpha value is -1.16. The molecule has 0 saturated heterocycles. The van der Waals surface area contributed by atoms with Gasteiger partial charge in [0.05, 0.1) is 16.6 Å². The van der Waals surface area contributed by atoms with Crippen molar-refractivity contribution < 1.29 is 4.21 Å². The molecule has 0 heterocycles. The zero-order chi connectivity index (χ0) is 8.97. The predicted molar refractivity (Wildman–Crippen MR) is 50.2 cm³/mol. The highest BCUT2D eigenvalue weighted by molar-refractivity contribution is 7.99. The maximum atomic E-state index is 11.1. The van der Waals surface area contributed by atoms with E-state index in [1.807, 2.05) is 30.3 Å². The first-order chi connectivity index (χ1) is 5.70. The van der Waals surface area contributed by atoms with E-state index in [1.54, 1.807) is 0 Å². The standard InChI is InChI=1S/C8H10N2OS/c9-8(10)12(11)6-7-4-2-1-3-5-7/h1-5H,6H2,(H3,9,10). The molecule has 0 spiro atoms. The Labute approximate surface area is 73.6 Å². The second-order valence-corrected chi connectivity index (χ2v) is 3.76. The molecule has 0 aliphatic heterocycles. The number of amidine groups is 1. The van der Waals surface area contributed by atoms with Gasteiger partial charge in [0.1, 0.15) is 0 Å². The molecule has 3 N–H and O–H groups in total. The van der Waals surface area contributed by atoms with Crippen molar-refractivity contribution in [2.24, 2.45) is 5.73 Å². The van der Waals surface area contributed by atoms with Crippen LogP contribution < -0.4 is 5.73 Å². The molecule has 4 heteroatoms. The van der Waals surface area contributed by atoms with Gasteiger partial charge in [-0.2, -0.15) is 0 Å². The first-order valence-corrected chi connectivity index (χ1v) is 4.78. The molecule has 0 aliphatic carbocycles. The van der Waals surface area contributed by atoms with E-state index < -0.39 is 10.8 Å². The lowest BCUT2D eigenvalue weighted by Crippen LogP contribution is -2.17. The summed E-state index contributed by atoms with van der Waals surface area (Å²) >= 11 is 0. The van der Waals surface area contributed by atoms with Crippen LogP contribution in [0.15, 0.2) is 30.3 Å². The van der Waals surface area contributed by atoms with Gasteiger partial charge in [0.15, 0.2) is 5.17 Å². The number of benzene rings is 1. The average Bonchev–Trinajstić information content (AvgIpc) is 2.06. The van der Waals surface area contributed by atoms with Crippen molar-refractivity contribution in [3.8, 4) is 0 Å². The third-order valence-corrected chi connectivity index (χ3v) is 2.47. The van der Waals surface area contributed by atoms with Crippen molar-refractivity contribution in [2.45, 2.75) is 5.75 Å². The number of hydrogen-bond acceptors (Lipinski definition) is 2. The number of nitrogens with one attached hydrogen (secondary N) is 1. The molecule has 0 radical (unpaired) electrons. The minimum Gasteiger partial charge on any atom is -0.377 e. The summed E-state index contributed by atoms with van der Waals surface area (Å²) in [7, 11) is -1.36. The van der Waals surface area contributed by atoms with E-state index in [0.717, 1.165) is 5.56 Å². The van der Waals surface area contributed by atoms with Crippen molar-refractivity contribution in [1.82, 2.24) is 0 Å². The van der Waals surface area contributed by atoms with Gasteiger partial charge < -0.3 is 5.73 Å². The molecule has 12 heavy (non-hydrogen) atoms. The highest BCUT2D eigenvalue weighted by Gasteiger charge is 2.02. The fourth-order valence-electron chi connectivity index (χ4n) is 0.803. The normalized spacial score (nSPS) is 12.3. The summed E-state index contributed by atoms with van der Waals surface area (Å²) in [5, 5.41) is 6.66. The quantitative estimate of drug-likeness (QED) is 0.525. The van der Waals surface area contributed by atoms with Crippen LogP contribution in [-0.2, 0) is 16.6 Å². The van der Waals surface area contributed by atoms with Gasteiger partial charge in [0.25, 0.3) is 0 Å². The van der Waals surface area contributed by atoms with Gasteiger partial charge in [0.2, 0.25) is 0 Å². The second-order valence-electron chi connectivity index (χ2n) is 2.34. The Morgan fingerprint density at radius 2 is 2.00 bits per heavy atom. The van der Waals surface area contributed by atoms with Crippen LogP contribution in [0.3, 0.4) is 0 Å². The monoisotopic (exact) mass is 182 g/mol. The predicted octanol–water partition coefficient (Wildman–Crippen LogP) is 0.829. The summed E-state index contributed by atoms with van der Waals surface area (Å²) in [4.78, 5) is 0. The van der Waals surface area contributed by atoms with Crippen LogP contribution >= 0.6 is 0 Å². The molecule has 0 saturated carbocycles. The Balaban J connectivity index is 2.65. The lowest BCUT2D eigenvalue weighted by atomic mass is 10.2. The third-order valence-electron chi connectivity index (χ3n) is 1.39. The molecule has 1 unspecified atom stereocenters. The topological polar surface area (TPSA) is 66.9 Å². The molecule has 64 valence electrons. The van der Waals surface area contributed by atoms with Crippen LogP contribution in [0.5, 0.6) is 0 Å². The summed E-state index contributed by atoms with van der Waals surface area (Å²) in [6, 6.07) is 9.35. The minimum atomic E-state index is -1.36. The van der Waals surface area contributed by atoms with Gasteiger partial charge in [-0.3, -0.25) is 9.62 Å². The highest BCUT2D eigenvalue weighted by Crippen LogP contribution is 2.01. The molecule has 0 amide bonds. The number of nitrogens with two attached hydrogens (primary N) is 1. The molecular weight excluding hydrogens is 172 g/mol. The molecule has 0 aromatic heterocycles. The smallest absolute Gasteiger partial charge is 0.182 e. The van der Waals surface area contributed by atoms with Crippen LogP contribution in [0.25, 0.3) is 0 Å². The molecule has 3 nitrogen and oxygen atoms in total. The number of rotatable bonds is 2. The van der Waals surface area contributed by atoms with E-state index in [2.05, 4.69) is 0 Å². The maximum Gasteiger partial charge on any atom is 0.182 e. The Morgan fingerprint density at radius 3 is 2.50 bits per heavy atom. The first-order valence-electron chi connectivity index (χ1n) is 3.46. The van der Waals surface area contributed by atoms with Crippen LogP contribution in [0.2, 0.25) is 0 Å². The van der Waals surface area contributed by atoms with Crippen LogP contribution in [0, 0.1) is 5.41 Å². The van der Waals surface area contributed by atoms with E-state index in [4.69, 9.17) is 11.1 Å². The molecule has 1 rings (SSSR count). The van der Waals surface area contributed by atoms with Crippen LogP contribution in [0.1, 0.15) is 5.56 Å². The zero-order valence-corrected chi connectivity index (χ0v) is 7.30. The SMILES string of the molecule is N=C(N)S(=O)Cc1ccccc1. The third kappa shape index (κ3) is 2.47. The van der Waals surface area contributed by atoms with Crippen molar-refractivity contribution in [3.63, 3.8) is 0 Å². The lowest BCUT2D eigenvalue weighted by molar-refractivity contribution is 0.689. The van der Waals surface area contributed by atoms with E-state index in [-0.39, 0.29) is 5.17 Å².